The number of nitriles is 1. The van der Waals surface area contributed by atoms with Crippen LogP contribution in [0.2, 0.25) is 5.02 Å². The van der Waals surface area contributed by atoms with Gasteiger partial charge in [0.25, 0.3) is 5.95 Å². The van der Waals surface area contributed by atoms with E-state index in [0.29, 0.717) is 22.3 Å². The SMILES string of the molecule is N#CC1=C(N)Oc2oc(-c3ccccc3)cc2C1c1ccccc1Cl. The van der Waals surface area contributed by atoms with Crippen LogP contribution in [0.1, 0.15) is 17.0 Å². The van der Waals surface area contributed by atoms with E-state index in [-0.39, 0.29) is 5.88 Å². The predicted molar refractivity (Wildman–Crippen MR) is 94.9 cm³/mol. The van der Waals surface area contributed by atoms with E-state index in [9.17, 15) is 5.26 Å². The van der Waals surface area contributed by atoms with Gasteiger partial charge in [-0.15, -0.1) is 0 Å². The number of hydrogen-bond donors (Lipinski definition) is 1. The summed E-state index contributed by atoms with van der Waals surface area (Å²) >= 11 is 6.37. The van der Waals surface area contributed by atoms with Crippen LogP contribution >= 0.6 is 11.6 Å². The lowest BCUT2D eigenvalue weighted by Crippen LogP contribution is -2.20. The van der Waals surface area contributed by atoms with Crippen LogP contribution in [0.5, 0.6) is 5.95 Å². The molecule has 0 saturated carbocycles. The highest BCUT2D eigenvalue weighted by atomic mass is 35.5. The Kier molecular flexibility index (Phi) is 3.72. The average molecular weight is 349 g/mol. The summed E-state index contributed by atoms with van der Waals surface area (Å²) in [5, 5.41) is 10.2. The molecule has 0 saturated heterocycles. The first-order valence-electron chi connectivity index (χ1n) is 7.70. The third-order valence-corrected chi connectivity index (χ3v) is 4.53. The van der Waals surface area contributed by atoms with Gasteiger partial charge in [0.15, 0.2) is 0 Å². The zero-order chi connectivity index (χ0) is 17.4. The molecule has 25 heavy (non-hydrogen) atoms. The van der Waals surface area contributed by atoms with Gasteiger partial charge >= 0.3 is 0 Å². The van der Waals surface area contributed by atoms with Gasteiger partial charge in [-0.2, -0.15) is 5.26 Å². The Morgan fingerprint density at radius 1 is 1.00 bits per heavy atom. The van der Waals surface area contributed by atoms with Crippen LogP contribution in [0, 0.1) is 11.3 Å². The first-order chi connectivity index (χ1) is 12.2. The van der Waals surface area contributed by atoms with Crippen molar-refractivity contribution in [2.24, 2.45) is 5.73 Å². The van der Waals surface area contributed by atoms with E-state index in [1.54, 1.807) is 6.07 Å². The molecule has 2 N–H and O–H groups in total. The van der Waals surface area contributed by atoms with Crippen molar-refractivity contribution in [1.82, 2.24) is 0 Å². The zero-order valence-corrected chi connectivity index (χ0v) is 13.8. The van der Waals surface area contributed by atoms with Gasteiger partial charge in [0.05, 0.1) is 11.5 Å². The van der Waals surface area contributed by atoms with Crippen LogP contribution in [0.25, 0.3) is 11.3 Å². The molecule has 1 aliphatic rings. The van der Waals surface area contributed by atoms with E-state index in [0.717, 1.165) is 16.7 Å². The fraction of sp³-hybridized carbons (Fsp3) is 0.0500. The normalized spacial score (nSPS) is 16.1. The summed E-state index contributed by atoms with van der Waals surface area (Å²) in [6.07, 6.45) is 0. The van der Waals surface area contributed by atoms with E-state index < -0.39 is 5.92 Å². The molecule has 0 spiro atoms. The molecule has 2 aromatic carbocycles. The second kappa shape index (κ2) is 6.04. The minimum atomic E-state index is -0.427. The topological polar surface area (TPSA) is 72.2 Å². The quantitative estimate of drug-likeness (QED) is 0.720. The number of rotatable bonds is 2. The van der Waals surface area contributed by atoms with Crippen molar-refractivity contribution < 1.29 is 9.15 Å². The summed E-state index contributed by atoms with van der Waals surface area (Å²) in [4.78, 5) is 0. The molecule has 0 fully saturated rings. The molecule has 4 rings (SSSR count). The number of benzene rings is 2. The fourth-order valence-corrected chi connectivity index (χ4v) is 3.26. The Morgan fingerprint density at radius 3 is 2.44 bits per heavy atom. The van der Waals surface area contributed by atoms with Crippen LogP contribution in [0.3, 0.4) is 0 Å². The lowest BCUT2D eigenvalue weighted by molar-refractivity contribution is 0.298. The van der Waals surface area contributed by atoms with Gasteiger partial charge < -0.3 is 14.9 Å². The van der Waals surface area contributed by atoms with Crippen LogP contribution in [0.15, 0.2) is 76.5 Å². The molecule has 3 aromatic rings. The van der Waals surface area contributed by atoms with E-state index in [1.807, 2.05) is 54.6 Å². The third kappa shape index (κ3) is 2.55. The van der Waals surface area contributed by atoms with Gasteiger partial charge in [-0.3, -0.25) is 0 Å². The van der Waals surface area contributed by atoms with Crippen LogP contribution in [-0.2, 0) is 0 Å². The molecule has 5 heteroatoms. The van der Waals surface area contributed by atoms with E-state index >= 15 is 0 Å². The van der Waals surface area contributed by atoms with Crippen LogP contribution < -0.4 is 10.5 Å². The second-order valence-electron chi connectivity index (χ2n) is 5.67. The highest BCUT2D eigenvalue weighted by Crippen LogP contribution is 2.47. The highest BCUT2D eigenvalue weighted by Gasteiger charge is 2.35. The van der Waals surface area contributed by atoms with Gasteiger partial charge in [0.2, 0.25) is 5.88 Å². The molecule has 0 amide bonds. The lowest BCUT2D eigenvalue weighted by atomic mass is 9.85. The molecule has 1 unspecified atom stereocenters. The smallest absolute Gasteiger partial charge is 0.296 e. The molecular formula is C20H13ClN2O2. The Hall–Kier alpha value is -3.16. The van der Waals surface area contributed by atoms with Crippen molar-refractivity contribution in [2.45, 2.75) is 5.92 Å². The van der Waals surface area contributed by atoms with Gasteiger partial charge in [-0.25, -0.2) is 0 Å². The van der Waals surface area contributed by atoms with Crippen molar-refractivity contribution in [1.29, 1.82) is 5.26 Å². The number of nitrogens with two attached hydrogens (primary N) is 1. The molecule has 122 valence electrons. The van der Waals surface area contributed by atoms with Gasteiger partial charge in [-0.05, 0) is 17.7 Å². The van der Waals surface area contributed by atoms with Gasteiger partial charge in [0.1, 0.15) is 17.4 Å². The van der Waals surface area contributed by atoms with Crippen LogP contribution in [-0.4, -0.2) is 0 Å². The number of allylic oxidation sites excluding steroid dienone is 1. The molecule has 2 heterocycles. The molecule has 0 bridgehead atoms. The van der Waals surface area contributed by atoms with Crippen molar-refractivity contribution in [3.05, 3.63) is 88.3 Å². The summed E-state index contributed by atoms with van der Waals surface area (Å²) in [6, 6.07) is 21.1. The van der Waals surface area contributed by atoms with E-state index in [2.05, 4.69) is 6.07 Å². The molecule has 1 atom stereocenters. The Morgan fingerprint density at radius 2 is 1.72 bits per heavy atom. The largest absolute Gasteiger partial charge is 0.425 e. The average Bonchev–Trinajstić information content (AvgIpc) is 3.05. The Bertz CT molecular complexity index is 1020. The standard InChI is InChI=1S/C20H13ClN2O2/c21-16-9-5-4-8-13(16)18-14-10-17(12-6-2-1-3-7-12)24-20(14)25-19(23)15(18)11-22/h1-10,18H,23H2. The summed E-state index contributed by atoms with van der Waals surface area (Å²) in [6.45, 7) is 0. The van der Waals surface area contributed by atoms with Crippen molar-refractivity contribution in [3.8, 4) is 23.3 Å². The maximum atomic E-state index is 9.59. The number of halogens is 1. The molecule has 1 aliphatic heterocycles. The Labute approximate surface area is 149 Å². The fourth-order valence-electron chi connectivity index (χ4n) is 3.02. The van der Waals surface area contributed by atoms with Gasteiger partial charge in [-0.1, -0.05) is 60.1 Å². The van der Waals surface area contributed by atoms with Crippen molar-refractivity contribution in [2.75, 3.05) is 0 Å². The van der Waals surface area contributed by atoms with Crippen LogP contribution in [0.4, 0.5) is 0 Å². The number of furan rings is 1. The summed E-state index contributed by atoms with van der Waals surface area (Å²) in [5.74, 6) is 0.549. The highest BCUT2D eigenvalue weighted by molar-refractivity contribution is 6.31. The van der Waals surface area contributed by atoms with E-state index in [4.69, 9.17) is 26.5 Å². The predicted octanol–water partition coefficient (Wildman–Crippen LogP) is 4.82. The molecule has 0 radical (unpaired) electrons. The van der Waals surface area contributed by atoms with Crippen molar-refractivity contribution >= 4 is 11.6 Å². The zero-order valence-electron chi connectivity index (χ0n) is 13.1. The maximum absolute atomic E-state index is 9.59. The van der Waals surface area contributed by atoms with Gasteiger partial charge in [0, 0.05) is 10.6 Å². The number of ether oxygens (including phenoxy) is 1. The molecule has 1 aromatic heterocycles. The van der Waals surface area contributed by atoms with E-state index in [1.165, 1.54) is 0 Å². The first kappa shape index (κ1) is 15.4. The molecule has 4 nitrogen and oxygen atoms in total. The summed E-state index contributed by atoms with van der Waals surface area (Å²) in [5.41, 5.74) is 8.71. The lowest BCUT2D eigenvalue weighted by Gasteiger charge is -2.23. The number of hydrogen-bond acceptors (Lipinski definition) is 4. The third-order valence-electron chi connectivity index (χ3n) is 4.19. The Balaban J connectivity index is 1.91. The minimum Gasteiger partial charge on any atom is -0.425 e. The minimum absolute atomic E-state index is 0.0360. The number of fused-ring (bicyclic) bond motifs is 1. The first-order valence-corrected chi connectivity index (χ1v) is 8.08. The van der Waals surface area contributed by atoms with Crippen molar-refractivity contribution in [3.63, 3.8) is 0 Å². The number of nitrogens with zero attached hydrogens (tertiary/aromatic N) is 1. The summed E-state index contributed by atoms with van der Waals surface area (Å²) < 4.78 is 11.4. The molecule has 0 aliphatic carbocycles. The molecular weight excluding hydrogens is 336 g/mol. The second-order valence-corrected chi connectivity index (χ2v) is 6.07. The maximum Gasteiger partial charge on any atom is 0.296 e. The summed E-state index contributed by atoms with van der Waals surface area (Å²) in [7, 11) is 0. The monoisotopic (exact) mass is 348 g/mol.